The summed E-state index contributed by atoms with van der Waals surface area (Å²) >= 11 is 7.13. The fraction of sp³-hybridized carbons (Fsp3) is 0.136. The third kappa shape index (κ3) is 3.99. The van der Waals surface area contributed by atoms with Gasteiger partial charge in [-0.05, 0) is 35.7 Å². The first-order valence-electron chi connectivity index (χ1n) is 9.27. The minimum atomic E-state index is -0.572. The lowest BCUT2D eigenvalue weighted by molar-refractivity contribution is -0.116. The maximum atomic E-state index is 13.3. The van der Waals surface area contributed by atoms with Gasteiger partial charge in [0.15, 0.2) is 0 Å². The number of hydrogen-bond acceptors (Lipinski definition) is 4. The number of nitrogens with one attached hydrogen (secondary N) is 1. The number of aryl methyl sites for hydroxylation is 1. The summed E-state index contributed by atoms with van der Waals surface area (Å²) in [6.45, 7) is 1.86. The van der Waals surface area contributed by atoms with Gasteiger partial charge in [0, 0.05) is 16.6 Å². The molecule has 0 unspecified atom stereocenters. The molecule has 0 saturated heterocycles. The van der Waals surface area contributed by atoms with Crippen LogP contribution in [0.2, 0.25) is 5.02 Å². The van der Waals surface area contributed by atoms with Crippen LogP contribution in [0.1, 0.15) is 12.5 Å². The Morgan fingerprint density at radius 2 is 2.00 bits per heavy atom. The second kappa shape index (κ2) is 8.38. The fourth-order valence-electron chi connectivity index (χ4n) is 3.14. The topological polar surface area (TPSA) is 64.0 Å². The van der Waals surface area contributed by atoms with Crippen molar-refractivity contribution < 1.29 is 9.18 Å². The van der Waals surface area contributed by atoms with E-state index >= 15 is 0 Å². The van der Waals surface area contributed by atoms with Crippen LogP contribution in [0.4, 0.5) is 10.1 Å². The Labute approximate surface area is 180 Å². The highest BCUT2D eigenvalue weighted by Gasteiger charge is 2.15. The molecule has 0 fully saturated rings. The first kappa shape index (κ1) is 20.3. The van der Waals surface area contributed by atoms with E-state index in [2.05, 4.69) is 17.2 Å². The fourth-order valence-corrected chi connectivity index (χ4v) is 4.23. The van der Waals surface area contributed by atoms with Gasteiger partial charge in [-0.1, -0.05) is 42.8 Å². The standard InChI is InChI=1S/C22H17ClFN3O2S/c1-2-13-3-5-14(6-4-13)16-11-30-21-20(16)22(29)27(12-25-21)10-19(28)26-15-7-8-18(24)17(23)9-15/h3-9,11-12H,2,10H2,1H3,(H,26,28). The van der Waals surface area contributed by atoms with Crippen molar-refractivity contribution in [3.8, 4) is 11.1 Å². The third-order valence-electron chi connectivity index (χ3n) is 4.75. The number of anilines is 1. The molecule has 5 nitrogen and oxygen atoms in total. The lowest BCUT2D eigenvalue weighted by atomic mass is 10.0. The minimum absolute atomic E-state index is 0.0925. The molecule has 4 rings (SSSR count). The molecule has 0 atom stereocenters. The third-order valence-corrected chi connectivity index (χ3v) is 5.93. The molecule has 4 aromatic rings. The number of thiophene rings is 1. The number of carbonyl (C=O) groups is 1. The first-order chi connectivity index (χ1) is 14.5. The molecular formula is C22H17ClFN3O2S. The first-order valence-corrected chi connectivity index (χ1v) is 10.5. The van der Waals surface area contributed by atoms with Gasteiger partial charge in [-0.2, -0.15) is 0 Å². The Balaban J connectivity index is 1.63. The number of fused-ring (bicyclic) bond motifs is 1. The van der Waals surface area contributed by atoms with Crippen LogP contribution >= 0.6 is 22.9 Å². The molecule has 1 N–H and O–H groups in total. The Bertz CT molecular complexity index is 1300. The van der Waals surface area contributed by atoms with Gasteiger partial charge in [0.1, 0.15) is 17.2 Å². The van der Waals surface area contributed by atoms with Crippen molar-refractivity contribution in [2.75, 3.05) is 5.32 Å². The van der Waals surface area contributed by atoms with Gasteiger partial charge in [0.05, 0.1) is 16.7 Å². The minimum Gasteiger partial charge on any atom is -0.324 e. The van der Waals surface area contributed by atoms with E-state index in [1.165, 1.54) is 46.0 Å². The molecule has 0 aliphatic carbocycles. The summed E-state index contributed by atoms with van der Waals surface area (Å²) in [4.78, 5) is 30.4. The number of aromatic nitrogens is 2. The maximum absolute atomic E-state index is 13.3. The Kier molecular flexibility index (Phi) is 5.65. The van der Waals surface area contributed by atoms with Crippen molar-refractivity contribution >= 4 is 44.7 Å². The Morgan fingerprint density at radius 3 is 2.70 bits per heavy atom. The number of carbonyl (C=O) groups excluding carboxylic acids is 1. The van der Waals surface area contributed by atoms with Crippen molar-refractivity contribution in [3.63, 3.8) is 0 Å². The summed E-state index contributed by atoms with van der Waals surface area (Å²) < 4.78 is 14.5. The highest BCUT2D eigenvalue weighted by atomic mass is 35.5. The van der Waals surface area contributed by atoms with Gasteiger partial charge < -0.3 is 5.32 Å². The highest BCUT2D eigenvalue weighted by Crippen LogP contribution is 2.30. The zero-order valence-electron chi connectivity index (χ0n) is 16.0. The molecule has 0 aliphatic rings. The van der Waals surface area contributed by atoms with Crippen LogP contribution in [0.25, 0.3) is 21.3 Å². The van der Waals surface area contributed by atoms with E-state index in [4.69, 9.17) is 11.6 Å². The number of nitrogens with zero attached hydrogens (tertiary/aromatic N) is 2. The molecule has 0 saturated carbocycles. The summed E-state index contributed by atoms with van der Waals surface area (Å²) in [5, 5.41) is 4.92. The van der Waals surface area contributed by atoms with Gasteiger partial charge in [-0.25, -0.2) is 9.37 Å². The lowest BCUT2D eigenvalue weighted by Gasteiger charge is -2.08. The summed E-state index contributed by atoms with van der Waals surface area (Å²) in [5.41, 5.74) is 3.01. The van der Waals surface area contributed by atoms with Crippen molar-refractivity contribution in [3.05, 3.63) is 80.9 Å². The second-order valence-electron chi connectivity index (χ2n) is 6.73. The maximum Gasteiger partial charge on any atom is 0.263 e. The van der Waals surface area contributed by atoms with E-state index in [0.717, 1.165) is 17.5 Å². The van der Waals surface area contributed by atoms with Crippen LogP contribution in [-0.2, 0) is 17.8 Å². The van der Waals surface area contributed by atoms with Crippen LogP contribution in [0.5, 0.6) is 0 Å². The highest BCUT2D eigenvalue weighted by molar-refractivity contribution is 7.17. The molecule has 30 heavy (non-hydrogen) atoms. The molecule has 2 aromatic heterocycles. The van der Waals surface area contributed by atoms with Crippen LogP contribution in [0.15, 0.2) is 59.0 Å². The largest absolute Gasteiger partial charge is 0.324 e. The normalized spacial score (nSPS) is 11.0. The average molecular weight is 442 g/mol. The molecule has 0 aliphatic heterocycles. The van der Waals surface area contributed by atoms with Crippen LogP contribution in [0.3, 0.4) is 0 Å². The molecule has 0 spiro atoms. The van der Waals surface area contributed by atoms with Gasteiger partial charge in [-0.3, -0.25) is 14.2 Å². The van der Waals surface area contributed by atoms with Gasteiger partial charge >= 0.3 is 0 Å². The van der Waals surface area contributed by atoms with Crippen molar-refractivity contribution in [1.29, 1.82) is 0 Å². The Hall–Kier alpha value is -3.03. The van der Waals surface area contributed by atoms with E-state index in [1.807, 2.05) is 29.6 Å². The molecule has 8 heteroatoms. The molecule has 0 radical (unpaired) electrons. The summed E-state index contributed by atoms with van der Waals surface area (Å²) in [5.74, 6) is -1.01. The van der Waals surface area contributed by atoms with Crippen molar-refractivity contribution in [1.82, 2.24) is 9.55 Å². The zero-order valence-corrected chi connectivity index (χ0v) is 17.6. The quantitative estimate of drug-likeness (QED) is 0.467. The second-order valence-corrected chi connectivity index (χ2v) is 8.00. The average Bonchev–Trinajstić information content (AvgIpc) is 3.18. The van der Waals surface area contributed by atoms with Gasteiger partial charge in [0.25, 0.3) is 5.56 Å². The van der Waals surface area contributed by atoms with E-state index in [0.29, 0.717) is 15.9 Å². The zero-order chi connectivity index (χ0) is 21.3. The predicted molar refractivity (Wildman–Crippen MR) is 119 cm³/mol. The van der Waals surface area contributed by atoms with Gasteiger partial charge in [-0.15, -0.1) is 11.3 Å². The molecule has 2 heterocycles. The molecule has 2 aromatic carbocycles. The molecule has 1 amide bonds. The summed E-state index contributed by atoms with van der Waals surface area (Å²) in [6.07, 6.45) is 2.30. The number of rotatable bonds is 5. The molecule has 152 valence electrons. The van der Waals surface area contributed by atoms with E-state index in [1.54, 1.807) is 0 Å². The van der Waals surface area contributed by atoms with Crippen LogP contribution in [-0.4, -0.2) is 15.5 Å². The van der Waals surface area contributed by atoms with Gasteiger partial charge in [0.2, 0.25) is 5.91 Å². The molecular weight excluding hydrogens is 425 g/mol. The lowest BCUT2D eigenvalue weighted by Crippen LogP contribution is -2.27. The number of hydrogen-bond donors (Lipinski definition) is 1. The van der Waals surface area contributed by atoms with Crippen molar-refractivity contribution in [2.45, 2.75) is 19.9 Å². The molecule has 0 bridgehead atoms. The Morgan fingerprint density at radius 1 is 1.23 bits per heavy atom. The smallest absolute Gasteiger partial charge is 0.263 e. The van der Waals surface area contributed by atoms with E-state index in [-0.39, 0.29) is 17.1 Å². The number of halogens is 2. The van der Waals surface area contributed by atoms with Crippen LogP contribution in [0, 0.1) is 5.82 Å². The van der Waals surface area contributed by atoms with Crippen LogP contribution < -0.4 is 10.9 Å². The predicted octanol–water partition coefficient (Wildman–Crippen LogP) is 5.12. The number of benzene rings is 2. The summed E-state index contributed by atoms with van der Waals surface area (Å²) in [7, 11) is 0. The van der Waals surface area contributed by atoms with E-state index < -0.39 is 11.7 Å². The SMILES string of the molecule is CCc1ccc(-c2csc3ncn(CC(=O)Nc4ccc(F)c(Cl)c4)c(=O)c23)cc1. The van der Waals surface area contributed by atoms with Crippen molar-refractivity contribution in [2.24, 2.45) is 0 Å². The van der Waals surface area contributed by atoms with E-state index in [9.17, 15) is 14.0 Å². The monoisotopic (exact) mass is 441 g/mol. The number of amides is 1. The summed E-state index contributed by atoms with van der Waals surface area (Å²) in [6, 6.07) is 11.9.